The minimum absolute atomic E-state index is 0. The highest BCUT2D eigenvalue weighted by Crippen LogP contribution is 2.33. The molecule has 1 aliphatic rings. The maximum absolute atomic E-state index is 6.22. The van der Waals surface area contributed by atoms with Gasteiger partial charge in [0.2, 0.25) is 0 Å². The Labute approximate surface area is 205 Å². The molecule has 0 radical (unpaired) electrons. The fraction of sp³-hybridized carbons (Fsp3) is 0.333. The summed E-state index contributed by atoms with van der Waals surface area (Å²) in [7, 11) is 0. The van der Waals surface area contributed by atoms with Crippen molar-refractivity contribution in [2.75, 3.05) is 26.2 Å². The number of nitrogens with zero attached hydrogens (tertiary/aromatic N) is 1. The molecule has 0 saturated carbocycles. The Hall–Kier alpha value is -2.01. The van der Waals surface area contributed by atoms with Crippen molar-refractivity contribution >= 4 is 33.5 Å². The predicted molar refractivity (Wildman–Crippen MR) is 128 cm³/mol. The topological polar surface area (TPSA) is 22.4 Å². The van der Waals surface area contributed by atoms with Gasteiger partial charge in [0.05, 0.1) is 13.1 Å². The van der Waals surface area contributed by atoms with Gasteiger partial charge < -0.3 is 30.6 Å². The smallest absolute Gasteiger partial charge is 0.139 e. The third-order valence-corrected chi connectivity index (χ3v) is 6.88. The average molecular weight is 515 g/mol. The lowest BCUT2D eigenvalue weighted by atomic mass is 10.0. The molecule has 0 amide bonds. The first-order chi connectivity index (χ1) is 15.1. The fourth-order valence-electron chi connectivity index (χ4n) is 4.90. The number of quaternary nitrogens is 1. The highest BCUT2D eigenvalue weighted by atomic mass is 79.9. The van der Waals surface area contributed by atoms with Crippen LogP contribution in [0.2, 0.25) is 5.02 Å². The molecule has 4 aromatic rings. The summed E-state index contributed by atoms with van der Waals surface area (Å²) in [5.74, 6) is 0.864. The van der Waals surface area contributed by atoms with Gasteiger partial charge in [0.1, 0.15) is 36.6 Å². The van der Waals surface area contributed by atoms with E-state index in [1.807, 2.05) is 30.3 Å². The minimum Gasteiger partial charge on any atom is -1.00 e. The summed E-state index contributed by atoms with van der Waals surface area (Å²) in [6.45, 7) is 7.45. The Morgan fingerprint density at radius 3 is 2.31 bits per heavy atom. The summed E-state index contributed by atoms with van der Waals surface area (Å²) < 4.78 is 13.3. The van der Waals surface area contributed by atoms with Crippen LogP contribution in [0.15, 0.2) is 65.1 Å². The Kier molecular flexibility index (Phi) is 7.14. The quantitative estimate of drug-likeness (QED) is 0.361. The van der Waals surface area contributed by atoms with Crippen molar-refractivity contribution in [2.45, 2.75) is 32.7 Å². The Morgan fingerprint density at radius 2 is 1.56 bits per heavy atom. The molecule has 5 rings (SSSR count). The van der Waals surface area contributed by atoms with E-state index in [2.05, 4.69) is 37.3 Å². The Balaban J connectivity index is 0.00000245. The van der Waals surface area contributed by atoms with Crippen LogP contribution < -0.4 is 21.7 Å². The number of halogens is 2. The van der Waals surface area contributed by atoms with Gasteiger partial charge in [0, 0.05) is 33.5 Å². The van der Waals surface area contributed by atoms with Gasteiger partial charge in [-0.25, -0.2) is 0 Å². The molecule has 0 aliphatic carbocycles. The molecular formula is C27H29BrClNO2. The summed E-state index contributed by atoms with van der Waals surface area (Å²) in [5, 5.41) is 2.87. The van der Waals surface area contributed by atoms with Crippen molar-refractivity contribution in [1.82, 2.24) is 0 Å². The third-order valence-electron chi connectivity index (χ3n) is 6.64. The molecule has 0 N–H and O–H groups in total. The van der Waals surface area contributed by atoms with Crippen molar-refractivity contribution < 1.29 is 30.6 Å². The number of fused-ring (bicyclic) bond motifs is 3. The van der Waals surface area contributed by atoms with Gasteiger partial charge in [-0.1, -0.05) is 41.4 Å². The molecule has 5 heteroatoms. The van der Waals surface area contributed by atoms with Crippen molar-refractivity contribution in [3.63, 3.8) is 0 Å². The van der Waals surface area contributed by atoms with E-state index in [-0.39, 0.29) is 17.0 Å². The van der Waals surface area contributed by atoms with Gasteiger partial charge in [0.25, 0.3) is 0 Å². The highest BCUT2D eigenvalue weighted by Gasteiger charge is 2.30. The lowest BCUT2D eigenvalue weighted by Gasteiger charge is -2.41. The van der Waals surface area contributed by atoms with E-state index in [1.165, 1.54) is 43.5 Å². The summed E-state index contributed by atoms with van der Waals surface area (Å²) in [6, 6.07) is 20.9. The molecule has 0 unspecified atom stereocenters. The molecule has 0 atom stereocenters. The van der Waals surface area contributed by atoms with Crippen LogP contribution in [0, 0.1) is 6.92 Å². The van der Waals surface area contributed by atoms with Crippen LogP contribution in [0.5, 0.6) is 5.75 Å². The first kappa shape index (κ1) is 23.2. The van der Waals surface area contributed by atoms with Gasteiger partial charge in [0.15, 0.2) is 0 Å². The van der Waals surface area contributed by atoms with Gasteiger partial charge in [-0.2, -0.15) is 0 Å². The molecule has 3 nitrogen and oxygen atoms in total. The predicted octanol–water partition coefficient (Wildman–Crippen LogP) is 4.13. The summed E-state index contributed by atoms with van der Waals surface area (Å²) >= 11 is 6.11. The average Bonchev–Trinajstić information content (AvgIpc) is 3.12. The fourth-order valence-corrected chi connectivity index (χ4v) is 5.06. The molecule has 2 heterocycles. The monoisotopic (exact) mass is 513 g/mol. The first-order valence-electron chi connectivity index (χ1n) is 11.3. The number of likely N-dealkylation sites (tertiary alicyclic amines) is 1. The number of rotatable bonds is 6. The van der Waals surface area contributed by atoms with E-state index >= 15 is 0 Å². The number of piperidine rings is 1. The van der Waals surface area contributed by atoms with Crippen molar-refractivity contribution in [3.8, 4) is 5.75 Å². The van der Waals surface area contributed by atoms with Crippen LogP contribution in [0.4, 0.5) is 0 Å². The lowest BCUT2D eigenvalue weighted by Crippen LogP contribution is -3.00. The maximum atomic E-state index is 6.22. The Bertz CT molecular complexity index is 1200. The molecular weight excluding hydrogens is 486 g/mol. The maximum Gasteiger partial charge on any atom is 0.139 e. The van der Waals surface area contributed by atoms with E-state index in [0.717, 1.165) is 45.3 Å². The van der Waals surface area contributed by atoms with Crippen molar-refractivity contribution in [2.24, 2.45) is 0 Å². The first-order valence-corrected chi connectivity index (χ1v) is 11.6. The van der Waals surface area contributed by atoms with Crippen molar-refractivity contribution in [1.29, 1.82) is 0 Å². The molecule has 1 aliphatic heterocycles. The molecule has 32 heavy (non-hydrogen) atoms. The van der Waals surface area contributed by atoms with Crippen LogP contribution in [0.1, 0.15) is 30.4 Å². The largest absolute Gasteiger partial charge is 1.00 e. The van der Waals surface area contributed by atoms with Crippen LogP contribution in [0.3, 0.4) is 0 Å². The molecule has 1 fully saturated rings. The SMILES string of the molecule is Cc1ccc(C[N+]2(CCOc3ccc4c(c3)oc3cc(Cl)ccc34)CCCCC2)cc1.[Br-]. The van der Waals surface area contributed by atoms with Crippen LogP contribution in [0.25, 0.3) is 21.9 Å². The van der Waals surface area contributed by atoms with Gasteiger partial charge in [-0.05, 0) is 50.5 Å². The molecule has 168 valence electrons. The number of ether oxygens (including phenoxy) is 1. The second-order valence-corrected chi connectivity index (χ2v) is 9.40. The van der Waals surface area contributed by atoms with E-state index in [4.69, 9.17) is 20.8 Å². The lowest BCUT2D eigenvalue weighted by molar-refractivity contribution is -0.945. The van der Waals surface area contributed by atoms with E-state index in [1.54, 1.807) is 0 Å². The molecule has 0 spiro atoms. The number of hydrogen-bond acceptors (Lipinski definition) is 2. The van der Waals surface area contributed by atoms with Gasteiger partial charge >= 0.3 is 0 Å². The zero-order chi connectivity index (χ0) is 21.3. The number of aryl methyl sites for hydroxylation is 1. The van der Waals surface area contributed by atoms with Gasteiger partial charge in [-0.15, -0.1) is 0 Å². The van der Waals surface area contributed by atoms with Crippen molar-refractivity contribution in [3.05, 3.63) is 76.8 Å². The summed E-state index contributed by atoms with van der Waals surface area (Å²) in [5.41, 5.74) is 4.40. The summed E-state index contributed by atoms with van der Waals surface area (Å²) in [4.78, 5) is 0. The standard InChI is InChI=1S/C27H29ClNO2.BrH/c1-20-5-7-21(8-6-20)19-29(13-3-2-4-14-29)15-16-30-23-10-12-25-24-11-9-22(28)17-26(24)31-27(25)18-23;/h5-12,17-18H,2-4,13-16,19H2,1H3;1H/q+1;/p-1. The summed E-state index contributed by atoms with van der Waals surface area (Å²) in [6.07, 6.45) is 3.96. The Morgan fingerprint density at radius 1 is 0.875 bits per heavy atom. The van der Waals surface area contributed by atoms with E-state index < -0.39 is 0 Å². The third kappa shape index (κ3) is 4.98. The minimum atomic E-state index is 0. The molecule has 1 aromatic heterocycles. The van der Waals surface area contributed by atoms with Gasteiger partial charge in [-0.3, -0.25) is 0 Å². The molecule has 0 bridgehead atoms. The molecule has 3 aromatic carbocycles. The number of hydrogen-bond donors (Lipinski definition) is 0. The normalized spacial score (nSPS) is 15.6. The highest BCUT2D eigenvalue weighted by molar-refractivity contribution is 6.31. The van der Waals surface area contributed by atoms with Crippen LogP contribution in [-0.2, 0) is 6.54 Å². The van der Waals surface area contributed by atoms with E-state index in [9.17, 15) is 0 Å². The van der Waals surface area contributed by atoms with Crippen LogP contribution >= 0.6 is 11.6 Å². The zero-order valence-corrected chi connectivity index (χ0v) is 20.8. The number of benzene rings is 3. The molecule has 1 saturated heterocycles. The number of furan rings is 1. The zero-order valence-electron chi connectivity index (χ0n) is 18.4. The second-order valence-electron chi connectivity index (χ2n) is 8.97. The second kappa shape index (κ2) is 9.86. The van der Waals surface area contributed by atoms with E-state index in [0.29, 0.717) is 11.6 Å². The van der Waals surface area contributed by atoms with Crippen LogP contribution in [-0.4, -0.2) is 30.7 Å².